The van der Waals surface area contributed by atoms with Crippen LogP contribution in [-0.2, 0) is 40.1 Å². The summed E-state index contributed by atoms with van der Waals surface area (Å²) >= 11 is 0. The number of nitrogens with one attached hydrogen (secondary N) is 6. The predicted octanol–water partition coefficient (Wildman–Crippen LogP) is 17.1. The second kappa shape index (κ2) is 54.8. The maximum Gasteiger partial charge on any atom is 0.297 e. The van der Waals surface area contributed by atoms with Crippen molar-refractivity contribution in [3.8, 4) is 11.5 Å². The first-order valence-electron chi connectivity index (χ1n) is 44.0. The summed E-state index contributed by atoms with van der Waals surface area (Å²) in [5.41, 5.74) is 15.2. The highest BCUT2D eigenvalue weighted by Crippen LogP contribution is 2.70. The number of aromatic nitrogens is 7. The van der Waals surface area contributed by atoms with Gasteiger partial charge in [0.25, 0.3) is 5.69 Å². The van der Waals surface area contributed by atoms with E-state index in [1.165, 1.54) is 88.4 Å². The van der Waals surface area contributed by atoms with Crippen LogP contribution in [0.1, 0.15) is 240 Å². The minimum absolute atomic E-state index is 0. The summed E-state index contributed by atoms with van der Waals surface area (Å²) in [4.78, 5) is 59.6. The Morgan fingerprint density at radius 3 is 1.91 bits per heavy atom. The van der Waals surface area contributed by atoms with Crippen LogP contribution in [0.4, 0.5) is 28.6 Å². The van der Waals surface area contributed by atoms with E-state index in [9.17, 15) is 53.7 Å². The van der Waals surface area contributed by atoms with Gasteiger partial charge in [0.15, 0.2) is 51.6 Å². The Morgan fingerprint density at radius 1 is 0.750 bits per heavy atom. The monoisotopic (exact) mass is 1860 g/mol. The van der Waals surface area contributed by atoms with Crippen LogP contribution in [0.3, 0.4) is 0 Å². The molecule has 0 spiro atoms. The van der Waals surface area contributed by atoms with Crippen LogP contribution >= 0.6 is 0 Å². The number of carbonyl (C=O) groups excluding carboxylic acids is 2. The zero-order valence-corrected chi connectivity index (χ0v) is 73.6. The van der Waals surface area contributed by atoms with E-state index < -0.39 is 86.0 Å². The number of aliphatic hydroxyl groups excluding tert-OH is 5. The van der Waals surface area contributed by atoms with Gasteiger partial charge >= 0.3 is 0 Å². The molecule has 6 fully saturated rings. The lowest BCUT2D eigenvalue weighted by Gasteiger charge is -2.59. The average Bonchev–Trinajstić information content (AvgIpc) is 1.51. The highest BCUT2D eigenvalue weighted by atomic mass is 32.2. The van der Waals surface area contributed by atoms with Gasteiger partial charge in [-0.1, -0.05) is 180 Å². The molecule has 2 aliphatic heterocycles. The van der Waals surface area contributed by atoms with E-state index in [1.54, 1.807) is 61.7 Å². The summed E-state index contributed by atoms with van der Waals surface area (Å²) in [5.74, 6) is 2.44. The summed E-state index contributed by atoms with van der Waals surface area (Å²) in [5, 5.41) is 80.0. The number of carbonyl (C=O) groups is 2. The number of hydrogen-bond acceptors (Lipinski definition) is 28. The van der Waals surface area contributed by atoms with Gasteiger partial charge in [0.2, 0.25) is 9.84 Å². The zero-order valence-electron chi connectivity index (χ0n) is 72.8. The Hall–Kier alpha value is -9.42. The fraction of sp³-hybridized carbons (Fsp3) is 0.590. The number of ether oxygens (including phenoxy) is 5. The van der Waals surface area contributed by atoms with Crippen LogP contribution in [0.15, 0.2) is 156 Å². The molecule has 0 amide bonds. The van der Waals surface area contributed by atoms with E-state index in [2.05, 4.69) is 89.4 Å². The van der Waals surface area contributed by atoms with Gasteiger partial charge in [0, 0.05) is 66.4 Å². The number of allylic oxidation sites excluding steroid dienone is 4. The molecule has 15 N–H and O–H groups in total. The minimum Gasteiger partial charge on any atom is -0.495 e. The number of H-pyrrole nitrogens is 1. The molecule has 6 heterocycles. The number of nitrogens with zero attached hydrogens (tertiary/aromatic N) is 7. The number of anilines is 4. The number of ketones is 2. The van der Waals surface area contributed by atoms with Crippen LogP contribution in [0.25, 0.3) is 22.1 Å². The van der Waals surface area contributed by atoms with Gasteiger partial charge in [-0.25, -0.2) is 28.4 Å². The Labute approximate surface area is 786 Å². The number of aliphatic hydroxyl groups is 5. The molecule has 15 rings (SSSR count). The van der Waals surface area contributed by atoms with E-state index in [0.29, 0.717) is 47.8 Å². The Bertz CT molecular complexity index is 4910. The summed E-state index contributed by atoms with van der Waals surface area (Å²) in [6, 6.07) is 27.3. The summed E-state index contributed by atoms with van der Waals surface area (Å²) in [6.45, 7) is 17.4. The van der Waals surface area contributed by atoms with Gasteiger partial charge in [-0.05, 0) is 201 Å². The van der Waals surface area contributed by atoms with E-state index in [0.717, 1.165) is 131 Å². The molecule has 7 aliphatic rings. The number of nitrogen functional groups attached to an aromatic ring is 1. The van der Waals surface area contributed by atoms with Gasteiger partial charge in [-0.3, -0.25) is 29.3 Å². The van der Waals surface area contributed by atoms with Crippen LogP contribution in [0.2, 0.25) is 0 Å². The number of benzene rings is 4. The number of rotatable bonds is 35. The third-order valence-corrected chi connectivity index (χ3v) is 27.2. The van der Waals surface area contributed by atoms with Crippen LogP contribution in [-0.4, -0.2) is 206 Å². The third kappa shape index (κ3) is 27.2. The number of para-hydroxylation sites is 4. The van der Waals surface area contributed by atoms with Gasteiger partial charge in [0.1, 0.15) is 48.3 Å². The maximum absolute atomic E-state index is 13.3. The number of pyridine rings is 1. The van der Waals surface area contributed by atoms with Crippen molar-refractivity contribution in [3.63, 3.8) is 0 Å². The molecule has 738 valence electrons. The number of sulfone groups is 1. The summed E-state index contributed by atoms with van der Waals surface area (Å²) in [6.07, 6.45) is 27.6. The first-order chi connectivity index (χ1) is 59.8. The number of hydrogen-bond donors (Lipinski definition) is 13. The Balaban J connectivity index is 0.000000432. The minimum atomic E-state index is -4.15. The number of methoxy groups -OCH3 is 2. The van der Waals surface area contributed by atoms with Gasteiger partial charge < -0.3 is 92.3 Å². The number of nitro benzene ring substituents is 1. The molecule has 0 bridgehead atoms. The van der Waals surface area contributed by atoms with Crippen LogP contribution < -0.4 is 47.5 Å². The van der Waals surface area contributed by atoms with E-state index in [1.807, 2.05) is 63.2 Å². The van der Waals surface area contributed by atoms with Gasteiger partial charge in [-0.15, -0.1) is 0 Å². The molecule has 5 aliphatic carbocycles. The largest absolute Gasteiger partial charge is 0.495 e. The van der Waals surface area contributed by atoms with E-state index >= 15 is 0 Å². The molecular weight excluding hydrogens is 1700 g/mol. The molecule has 32 heteroatoms. The molecule has 4 aromatic heterocycles. The molecule has 132 heavy (non-hydrogen) atoms. The third-order valence-electron chi connectivity index (χ3n) is 25.3. The molecule has 31 nitrogen and oxygen atoms in total. The SMILES string of the molecule is C.C.C.C.C.C.C.C.CC(C)c1ccccc1S(=O)(=O)c1cc(N)c2ncccc2c1[N+](=O)[O-].CCCC1O[C@@H]2CC3C4CCC5=CC(=O)C=CC5(C)C4[C@@H](O)CC3(C)[C@]2(C(=O)CO)O1.COc1ccccc1NCCCCNCCCCCCNCCCCNc1ccccc1OC.C[C@@H](N)Cc1cnc[nH]1.OC[C@H]1O[C@@H](n2cnc3c(NC4CCCC4)ncnc32)[C@H](O)[C@@H]1O. The Morgan fingerprint density at radius 2 is 1.35 bits per heavy atom. The smallest absolute Gasteiger partial charge is 0.297 e. The number of imidazole rings is 2. The van der Waals surface area contributed by atoms with Crippen molar-refractivity contribution >= 4 is 72.0 Å². The second-order valence-electron chi connectivity index (χ2n) is 34.1. The van der Waals surface area contributed by atoms with Crippen molar-refractivity contribution in [2.45, 2.75) is 299 Å². The molecule has 0 radical (unpaired) electrons. The van der Waals surface area contributed by atoms with E-state index in [4.69, 9.17) is 35.2 Å². The van der Waals surface area contributed by atoms with E-state index in [-0.39, 0.29) is 134 Å². The highest BCUT2D eigenvalue weighted by Gasteiger charge is 2.76. The topological polar surface area (TPSA) is 456 Å². The first-order valence-corrected chi connectivity index (χ1v) is 45.5. The van der Waals surface area contributed by atoms with Crippen molar-refractivity contribution in [1.82, 2.24) is 45.1 Å². The van der Waals surface area contributed by atoms with Crippen molar-refractivity contribution < 1.29 is 72.1 Å². The molecular formula is C100H161N15O16S. The standard InChI is InChI=1S/C28H46N4O2.C25H34O6.C18H17N3O4S.C15H21N5O4.C6H11N3.8CH4/c1-33-27-17-7-5-15-25(27)31-23-13-11-21-29-19-9-3-4-10-20-30-22-12-14-24-32-26-16-6-8-18-28(26)34-2;1-4-5-21-30-20-11-17-16-7-6-14-10-15(27)8-9-23(14,2)22(16)18(28)12-24(17,3)25(20,31-21)19(29)13-26;1-11(2)12-6-3-4-8-15(12)26(24,25)16-10-14(19)17-13(7-5-9-20-17)18(16)21(22)23;21-5-9-11(22)12(23)15(24-9)20-7-18-10-13(16-6-17-14(10)20)19-8-3-1-2-4-8;1-5(7)2-6-3-8-4-9-6;;;;;;;;/h5-8,15-18,29-32H,3-4,9-14,19-24H2,1-2H3;8-10,16-18,20-22,26,28H,4-7,11-13H2,1-3H3;3-11H,19H2,1-2H3;6-9,11-12,15,21-23H,1-5H2,(H,16,17,19);3-5H,2,7H2,1H3,(H,8,9);8*1H4/t;16?,17?,18-,20+,21?,22?,23?,24?,25+;;9-,11-,12-,15-;5-;;;;;;;;/m.0.11......../s1. The average molecular weight is 1860 g/mol. The second-order valence-corrected chi connectivity index (χ2v) is 36.0. The molecule has 14 atom stereocenters. The first kappa shape index (κ1) is 117. The van der Waals surface area contributed by atoms with Crippen molar-refractivity contribution in [3.05, 3.63) is 168 Å². The van der Waals surface area contributed by atoms with Crippen LogP contribution in [0, 0.1) is 38.7 Å². The predicted molar refractivity (Wildman–Crippen MR) is 531 cm³/mol. The number of nitro groups is 1. The lowest BCUT2D eigenvalue weighted by atomic mass is 9.46. The normalized spacial score (nSPS) is 23.5. The molecule has 8 aromatic rings. The number of nitrogens with two attached hydrogens (primary N) is 2. The lowest BCUT2D eigenvalue weighted by Crippen LogP contribution is -2.63. The molecule has 2 saturated heterocycles. The van der Waals surface area contributed by atoms with Crippen molar-refractivity contribution in [2.75, 3.05) is 88.4 Å². The lowest BCUT2D eigenvalue weighted by molar-refractivity contribution is -0.386. The number of unbranched alkanes of at least 4 members (excludes halogenated alkanes) is 5. The zero-order chi connectivity index (χ0) is 88.7. The highest BCUT2D eigenvalue weighted by molar-refractivity contribution is 7.91. The summed E-state index contributed by atoms with van der Waals surface area (Å²) < 4.78 is 57.1. The van der Waals surface area contributed by atoms with Gasteiger partial charge in [0.05, 0.1) is 78.0 Å². The number of aromatic amines is 1. The fourth-order valence-electron chi connectivity index (χ4n) is 19.2. The van der Waals surface area contributed by atoms with Crippen LogP contribution in [0.5, 0.6) is 11.5 Å². The van der Waals surface area contributed by atoms with Gasteiger partial charge in [-0.2, -0.15) is 0 Å². The summed E-state index contributed by atoms with van der Waals surface area (Å²) in [7, 11) is -0.725. The quantitative estimate of drug-likeness (QED) is 0.00759. The number of Topliss-reactive ketones (excluding diaryl/α,β-unsaturated/α-hetero) is 1. The van der Waals surface area contributed by atoms with Crippen molar-refractivity contribution in [1.29, 1.82) is 0 Å². The fourth-order valence-corrected chi connectivity index (χ4v) is 21.0. The molecule has 6 unspecified atom stereocenters. The molecule has 4 saturated carbocycles. The van der Waals surface area contributed by atoms with Crippen molar-refractivity contribution in [2.24, 2.45) is 34.3 Å². The Kier molecular flexibility index (Phi) is 48.5. The maximum atomic E-state index is 13.3. The number of fused-ring (bicyclic) bond motifs is 9. The molecule has 4 aromatic carbocycles.